The molecule has 0 bridgehead atoms. The van der Waals surface area contributed by atoms with Gasteiger partial charge in [0.05, 0.1) is 12.7 Å². The molecule has 106 valence electrons. The van der Waals surface area contributed by atoms with E-state index < -0.39 is 11.5 Å². The second-order valence-corrected chi connectivity index (χ2v) is 6.76. The molecule has 3 nitrogen and oxygen atoms in total. The number of benzene rings is 1. The van der Waals surface area contributed by atoms with Crippen LogP contribution in [0.4, 0.5) is 0 Å². The van der Waals surface area contributed by atoms with Crippen LogP contribution in [0.15, 0.2) is 18.2 Å². The summed E-state index contributed by atoms with van der Waals surface area (Å²) in [7, 11) is 0. The van der Waals surface area contributed by atoms with Crippen molar-refractivity contribution in [2.24, 2.45) is 5.41 Å². The molecule has 1 aromatic carbocycles. The number of aliphatic hydroxyl groups is 2. The Labute approximate surface area is 114 Å². The second-order valence-electron chi connectivity index (χ2n) is 6.76. The highest BCUT2D eigenvalue weighted by atomic mass is 16.3. The third kappa shape index (κ3) is 2.37. The number of hydrogen-bond acceptors (Lipinski definition) is 3. The Kier molecular flexibility index (Phi) is 3.63. The predicted molar refractivity (Wildman–Crippen MR) is 75.1 cm³/mol. The number of hydrogen-bond donors (Lipinski definition) is 3. The van der Waals surface area contributed by atoms with E-state index in [-0.39, 0.29) is 17.8 Å². The summed E-state index contributed by atoms with van der Waals surface area (Å²) in [5.74, 6) is 0.125. The molecule has 1 aliphatic rings. The number of aliphatic hydroxyl groups excluding tert-OH is 2. The molecule has 3 heteroatoms. The van der Waals surface area contributed by atoms with Crippen molar-refractivity contribution in [2.45, 2.75) is 51.6 Å². The van der Waals surface area contributed by atoms with Crippen molar-refractivity contribution in [3.05, 3.63) is 29.3 Å². The van der Waals surface area contributed by atoms with Gasteiger partial charge in [-0.25, -0.2) is 0 Å². The maximum Gasteiger partial charge on any atom is 0.121 e. The van der Waals surface area contributed by atoms with Gasteiger partial charge in [0.25, 0.3) is 0 Å². The molecule has 1 fully saturated rings. The Bertz CT molecular complexity index is 450. The Morgan fingerprint density at radius 3 is 2.32 bits per heavy atom. The normalized spacial score (nSPS) is 19.8. The number of rotatable bonds is 3. The minimum atomic E-state index is -0.804. The molecule has 0 aliphatic heterocycles. The fourth-order valence-electron chi connectivity index (χ4n) is 2.95. The van der Waals surface area contributed by atoms with Crippen LogP contribution in [0.1, 0.15) is 57.3 Å². The first-order valence-corrected chi connectivity index (χ1v) is 6.93. The minimum absolute atomic E-state index is 0.0356. The van der Waals surface area contributed by atoms with Crippen LogP contribution in [0.25, 0.3) is 0 Å². The monoisotopic (exact) mass is 264 g/mol. The highest BCUT2D eigenvalue weighted by molar-refractivity contribution is 5.45. The molecular weight excluding hydrogens is 240 g/mol. The van der Waals surface area contributed by atoms with Gasteiger partial charge < -0.3 is 15.3 Å². The van der Waals surface area contributed by atoms with Gasteiger partial charge in [-0.3, -0.25) is 0 Å². The molecule has 1 aromatic rings. The van der Waals surface area contributed by atoms with Crippen LogP contribution < -0.4 is 0 Å². The number of phenols is 1. The molecule has 1 unspecified atom stereocenters. The van der Waals surface area contributed by atoms with Crippen LogP contribution >= 0.6 is 0 Å². The largest absolute Gasteiger partial charge is 0.508 e. The summed E-state index contributed by atoms with van der Waals surface area (Å²) < 4.78 is 0. The fourth-order valence-corrected chi connectivity index (χ4v) is 2.95. The van der Waals surface area contributed by atoms with Crippen LogP contribution in [0.3, 0.4) is 0 Å². The molecule has 0 saturated heterocycles. The highest BCUT2D eigenvalue weighted by Crippen LogP contribution is 2.52. The third-order valence-corrected chi connectivity index (χ3v) is 4.41. The molecule has 0 aromatic heterocycles. The van der Waals surface area contributed by atoms with Crippen LogP contribution in [-0.4, -0.2) is 21.9 Å². The van der Waals surface area contributed by atoms with Gasteiger partial charge in [0.2, 0.25) is 0 Å². The summed E-state index contributed by atoms with van der Waals surface area (Å²) in [5.41, 5.74) is 0.900. The Hall–Kier alpha value is -1.06. The summed E-state index contributed by atoms with van der Waals surface area (Å²) in [4.78, 5) is 0. The van der Waals surface area contributed by atoms with Crippen LogP contribution in [0.5, 0.6) is 5.75 Å². The molecule has 1 aliphatic carbocycles. The van der Waals surface area contributed by atoms with Gasteiger partial charge in [0, 0.05) is 11.0 Å². The molecule has 1 saturated carbocycles. The lowest BCUT2D eigenvalue weighted by Gasteiger charge is -2.45. The topological polar surface area (TPSA) is 60.7 Å². The van der Waals surface area contributed by atoms with Gasteiger partial charge in [-0.15, -0.1) is 0 Å². The summed E-state index contributed by atoms with van der Waals surface area (Å²) in [6, 6.07) is 5.36. The van der Waals surface area contributed by atoms with Gasteiger partial charge in [0.1, 0.15) is 5.75 Å². The molecular formula is C16H24O3. The van der Waals surface area contributed by atoms with Crippen LogP contribution in [0.2, 0.25) is 0 Å². The highest BCUT2D eigenvalue weighted by Gasteiger charge is 2.45. The standard InChI is InChI=1S/C16H24O3/c1-15(2,3)11-6-4-7-12(18)13(11)14(19)16(10-17)8-5-9-16/h4,6-7,14,17-19H,5,8-10H2,1-3H3. The summed E-state index contributed by atoms with van der Waals surface area (Å²) in [5, 5.41) is 30.5. The van der Waals surface area contributed by atoms with Gasteiger partial charge in [0.15, 0.2) is 0 Å². The Morgan fingerprint density at radius 2 is 1.89 bits per heavy atom. The minimum Gasteiger partial charge on any atom is -0.508 e. The van der Waals surface area contributed by atoms with E-state index in [0.29, 0.717) is 5.56 Å². The van der Waals surface area contributed by atoms with E-state index in [1.807, 2.05) is 6.07 Å². The smallest absolute Gasteiger partial charge is 0.121 e. The Morgan fingerprint density at radius 1 is 1.26 bits per heavy atom. The van der Waals surface area contributed by atoms with E-state index in [0.717, 1.165) is 24.8 Å². The number of aromatic hydroxyl groups is 1. The fraction of sp³-hybridized carbons (Fsp3) is 0.625. The van der Waals surface area contributed by atoms with Gasteiger partial charge in [-0.2, -0.15) is 0 Å². The molecule has 0 heterocycles. The molecule has 3 N–H and O–H groups in total. The van der Waals surface area contributed by atoms with Crippen molar-refractivity contribution in [3.63, 3.8) is 0 Å². The molecule has 19 heavy (non-hydrogen) atoms. The summed E-state index contributed by atoms with van der Waals surface area (Å²) in [6.07, 6.45) is 1.84. The lowest BCUT2D eigenvalue weighted by atomic mass is 9.62. The maximum atomic E-state index is 10.7. The van der Waals surface area contributed by atoms with Gasteiger partial charge >= 0.3 is 0 Å². The van der Waals surface area contributed by atoms with Crippen molar-refractivity contribution in [1.82, 2.24) is 0 Å². The molecule has 2 rings (SSSR count). The summed E-state index contributed by atoms with van der Waals surface area (Å²) >= 11 is 0. The van der Waals surface area contributed by atoms with Gasteiger partial charge in [-0.05, 0) is 29.9 Å². The van der Waals surface area contributed by atoms with E-state index in [2.05, 4.69) is 20.8 Å². The average Bonchev–Trinajstić information content (AvgIpc) is 2.26. The van der Waals surface area contributed by atoms with E-state index in [1.54, 1.807) is 12.1 Å². The van der Waals surface area contributed by atoms with Crippen LogP contribution in [-0.2, 0) is 5.41 Å². The molecule has 0 amide bonds. The summed E-state index contributed by atoms with van der Waals surface area (Å²) in [6.45, 7) is 6.14. The molecule has 0 spiro atoms. The molecule has 0 radical (unpaired) electrons. The SMILES string of the molecule is CC(C)(C)c1cccc(O)c1C(O)C1(CO)CCC1. The molecule has 1 atom stereocenters. The van der Waals surface area contributed by atoms with Crippen molar-refractivity contribution >= 4 is 0 Å². The first-order chi connectivity index (χ1) is 8.82. The quantitative estimate of drug-likeness (QED) is 0.786. The van der Waals surface area contributed by atoms with E-state index >= 15 is 0 Å². The lowest BCUT2D eigenvalue weighted by Crippen LogP contribution is -2.40. The van der Waals surface area contributed by atoms with E-state index in [9.17, 15) is 15.3 Å². The van der Waals surface area contributed by atoms with Crippen molar-refractivity contribution in [2.75, 3.05) is 6.61 Å². The van der Waals surface area contributed by atoms with Gasteiger partial charge in [-0.1, -0.05) is 39.3 Å². The van der Waals surface area contributed by atoms with Crippen molar-refractivity contribution < 1.29 is 15.3 Å². The number of phenolic OH excluding ortho intramolecular Hbond substituents is 1. The predicted octanol–water partition coefficient (Wildman–Crippen LogP) is 2.89. The lowest BCUT2D eigenvalue weighted by molar-refractivity contribution is -0.0749. The van der Waals surface area contributed by atoms with E-state index in [4.69, 9.17) is 0 Å². The van der Waals surface area contributed by atoms with Crippen LogP contribution in [0, 0.1) is 5.41 Å². The Balaban J connectivity index is 2.49. The zero-order valence-corrected chi connectivity index (χ0v) is 12.0. The zero-order chi connectivity index (χ0) is 14.3. The van der Waals surface area contributed by atoms with E-state index in [1.165, 1.54) is 0 Å². The average molecular weight is 264 g/mol. The first-order valence-electron chi connectivity index (χ1n) is 6.93. The first kappa shape index (κ1) is 14.4. The maximum absolute atomic E-state index is 10.7. The third-order valence-electron chi connectivity index (χ3n) is 4.41. The zero-order valence-electron chi connectivity index (χ0n) is 12.0. The van der Waals surface area contributed by atoms with Crippen molar-refractivity contribution in [3.8, 4) is 5.75 Å². The van der Waals surface area contributed by atoms with Crippen molar-refractivity contribution in [1.29, 1.82) is 0 Å². The second kappa shape index (κ2) is 4.80.